The zero-order valence-electron chi connectivity index (χ0n) is 21.0. The number of hydrogen-bond donors (Lipinski definition) is 5. The van der Waals surface area contributed by atoms with E-state index in [0.29, 0.717) is 11.1 Å². The van der Waals surface area contributed by atoms with Gasteiger partial charge in [0, 0.05) is 23.7 Å². The third-order valence-electron chi connectivity index (χ3n) is 5.63. The minimum Gasteiger partial charge on any atom is -0.352 e. The molecule has 3 rings (SSSR count). The lowest BCUT2D eigenvalue weighted by Crippen LogP contribution is -2.52. The van der Waals surface area contributed by atoms with E-state index < -0.39 is 17.9 Å². The van der Waals surface area contributed by atoms with Gasteiger partial charge in [0.2, 0.25) is 5.91 Å². The van der Waals surface area contributed by atoms with Crippen molar-refractivity contribution in [2.24, 2.45) is 0 Å². The van der Waals surface area contributed by atoms with Crippen molar-refractivity contribution in [2.75, 3.05) is 13.1 Å². The topological polar surface area (TPSA) is 120 Å². The Balaban J connectivity index is 1.50. The minimum atomic E-state index is -1.18. The maximum absolute atomic E-state index is 12.7. The van der Waals surface area contributed by atoms with Crippen LogP contribution in [0.2, 0.25) is 0 Å². The minimum absolute atomic E-state index is 0.0144. The molecule has 5 N–H and O–H groups in total. The van der Waals surface area contributed by atoms with Crippen molar-refractivity contribution in [3.63, 3.8) is 0 Å². The molecular weight excluding hydrogens is 480 g/mol. The standard InChI is InChI=1S/C30H30N4O4/c1-22(25-14-6-3-7-15-25)31-21-28(35)32-20-27(30(37)34-38)33-29(36)26-18-16-24(17-19-26)13-9-8-12-23-10-4-2-5-11-23/h2-8,10-12,14-19,22,27,31,38H,20-21H2,1H3,(H,32,35)(H,33,36)(H,34,37)/b12-8+/t22-,27+/m1/s1. The molecule has 0 fully saturated rings. The number of rotatable bonds is 10. The highest BCUT2D eigenvalue weighted by Gasteiger charge is 2.22. The van der Waals surface area contributed by atoms with E-state index in [1.54, 1.807) is 30.3 Å². The van der Waals surface area contributed by atoms with Gasteiger partial charge in [-0.05, 0) is 54.5 Å². The highest BCUT2D eigenvalue weighted by atomic mass is 16.5. The van der Waals surface area contributed by atoms with Gasteiger partial charge in [-0.1, -0.05) is 72.5 Å². The number of carbonyl (C=O) groups is 3. The molecule has 8 nitrogen and oxygen atoms in total. The van der Waals surface area contributed by atoms with E-state index in [1.165, 1.54) is 5.48 Å². The molecule has 0 aromatic heterocycles. The predicted octanol–water partition coefficient (Wildman–Crippen LogP) is 2.82. The summed E-state index contributed by atoms with van der Waals surface area (Å²) in [6.07, 6.45) is 3.65. The Morgan fingerprint density at radius 3 is 2.24 bits per heavy atom. The maximum Gasteiger partial charge on any atom is 0.267 e. The van der Waals surface area contributed by atoms with Gasteiger partial charge in [0.25, 0.3) is 11.8 Å². The average Bonchev–Trinajstić information content (AvgIpc) is 2.97. The molecule has 0 saturated carbocycles. The first-order chi connectivity index (χ1) is 18.5. The number of hydroxylamine groups is 1. The Kier molecular flexibility index (Phi) is 10.8. The molecule has 0 spiro atoms. The van der Waals surface area contributed by atoms with E-state index in [4.69, 9.17) is 5.21 Å². The molecule has 0 saturated heterocycles. The van der Waals surface area contributed by atoms with Crippen LogP contribution in [0.3, 0.4) is 0 Å². The van der Waals surface area contributed by atoms with Gasteiger partial charge in [-0.15, -0.1) is 0 Å². The molecule has 3 amide bonds. The van der Waals surface area contributed by atoms with Crippen molar-refractivity contribution in [3.8, 4) is 11.8 Å². The summed E-state index contributed by atoms with van der Waals surface area (Å²) in [6, 6.07) is 24.8. The molecule has 194 valence electrons. The van der Waals surface area contributed by atoms with Crippen molar-refractivity contribution < 1.29 is 19.6 Å². The Morgan fingerprint density at radius 1 is 0.921 bits per heavy atom. The molecule has 0 heterocycles. The number of benzene rings is 3. The van der Waals surface area contributed by atoms with Crippen LogP contribution in [0.5, 0.6) is 0 Å². The third-order valence-corrected chi connectivity index (χ3v) is 5.63. The van der Waals surface area contributed by atoms with E-state index in [1.807, 2.05) is 73.7 Å². The molecule has 0 unspecified atom stereocenters. The van der Waals surface area contributed by atoms with E-state index >= 15 is 0 Å². The van der Waals surface area contributed by atoms with Crippen LogP contribution in [0.15, 0.2) is 91.0 Å². The van der Waals surface area contributed by atoms with Crippen LogP contribution in [0, 0.1) is 11.8 Å². The number of nitrogens with one attached hydrogen (secondary N) is 4. The van der Waals surface area contributed by atoms with Crippen molar-refractivity contribution in [1.29, 1.82) is 0 Å². The van der Waals surface area contributed by atoms with Crippen LogP contribution >= 0.6 is 0 Å². The molecule has 0 bridgehead atoms. The predicted molar refractivity (Wildman–Crippen MR) is 146 cm³/mol. The zero-order chi connectivity index (χ0) is 27.2. The molecule has 3 aromatic carbocycles. The third kappa shape index (κ3) is 9.06. The SMILES string of the molecule is C[C@@H](NCC(=O)NC[C@H](NC(=O)c1ccc(C#C/C=C/c2ccccc2)cc1)C(=O)NO)c1ccccc1. The molecule has 8 heteroatoms. The molecule has 0 aliphatic heterocycles. The number of carbonyl (C=O) groups excluding carboxylic acids is 3. The fraction of sp³-hybridized carbons (Fsp3) is 0.167. The number of amides is 3. The Bertz CT molecular complexity index is 1300. The smallest absolute Gasteiger partial charge is 0.267 e. The van der Waals surface area contributed by atoms with Gasteiger partial charge in [0.05, 0.1) is 6.54 Å². The van der Waals surface area contributed by atoms with Crippen LogP contribution in [0.4, 0.5) is 0 Å². The monoisotopic (exact) mass is 510 g/mol. The lowest BCUT2D eigenvalue weighted by Gasteiger charge is -2.18. The molecule has 3 aromatic rings. The average molecular weight is 511 g/mol. The summed E-state index contributed by atoms with van der Waals surface area (Å²) in [5.74, 6) is 4.20. The lowest BCUT2D eigenvalue weighted by atomic mass is 10.1. The van der Waals surface area contributed by atoms with E-state index in [9.17, 15) is 14.4 Å². The summed E-state index contributed by atoms with van der Waals surface area (Å²) in [5, 5.41) is 17.3. The zero-order valence-corrected chi connectivity index (χ0v) is 21.0. The maximum atomic E-state index is 12.7. The Labute approximate surface area is 222 Å². The summed E-state index contributed by atoms with van der Waals surface area (Å²) < 4.78 is 0. The molecule has 38 heavy (non-hydrogen) atoms. The quantitative estimate of drug-likeness (QED) is 0.163. The van der Waals surface area contributed by atoms with Crippen molar-refractivity contribution >= 4 is 23.8 Å². The summed E-state index contributed by atoms with van der Waals surface area (Å²) in [5.41, 5.74) is 4.62. The highest BCUT2D eigenvalue weighted by Crippen LogP contribution is 2.10. The van der Waals surface area contributed by atoms with Gasteiger partial charge in [0.1, 0.15) is 6.04 Å². The first kappa shape index (κ1) is 27.9. The van der Waals surface area contributed by atoms with Crippen LogP contribution in [-0.4, -0.2) is 42.1 Å². The van der Waals surface area contributed by atoms with Gasteiger partial charge >= 0.3 is 0 Å². The second-order valence-electron chi connectivity index (χ2n) is 8.41. The van der Waals surface area contributed by atoms with Gasteiger partial charge in [-0.2, -0.15) is 0 Å². The largest absolute Gasteiger partial charge is 0.352 e. The van der Waals surface area contributed by atoms with Gasteiger partial charge in [-0.3, -0.25) is 19.6 Å². The van der Waals surface area contributed by atoms with Crippen LogP contribution < -0.4 is 21.4 Å². The first-order valence-corrected chi connectivity index (χ1v) is 12.1. The van der Waals surface area contributed by atoms with Gasteiger partial charge < -0.3 is 16.0 Å². The normalized spacial score (nSPS) is 12.1. The van der Waals surface area contributed by atoms with E-state index in [2.05, 4.69) is 27.8 Å². The first-order valence-electron chi connectivity index (χ1n) is 12.1. The lowest BCUT2D eigenvalue weighted by molar-refractivity contribution is -0.131. The summed E-state index contributed by atoms with van der Waals surface area (Å²) in [7, 11) is 0. The molecule has 0 aliphatic rings. The van der Waals surface area contributed by atoms with Crippen molar-refractivity contribution in [3.05, 3.63) is 113 Å². The van der Waals surface area contributed by atoms with Crippen molar-refractivity contribution in [1.82, 2.24) is 21.4 Å². The van der Waals surface area contributed by atoms with Gasteiger partial charge in [-0.25, -0.2) is 5.48 Å². The fourth-order valence-corrected chi connectivity index (χ4v) is 3.44. The van der Waals surface area contributed by atoms with Crippen LogP contribution in [0.1, 0.15) is 40.0 Å². The Hall–Kier alpha value is -4.71. The fourth-order valence-electron chi connectivity index (χ4n) is 3.44. The van der Waals surface area contributed by atoms with Crippen LogP contribution in [0.25, 0.3) is 6.08 Å². The highest BCUT2D eigenvalue weighted by molar-refractivity contribution is 5.97. The Morgan fingerprint density at radius 2 is 1.58 bits per heavy atom. The van der Waals surface area contributed by atoms with Gasteiger partial charge in [0.15, 0.2) is 0 Å². The second kappa shape index (κ2) is 14.8. The summed E-state index contributed by atoms with van der Waals surface area (Å²) >= 11 is 0. The molecule has 2 atom stereocenters. The van der Waals surface area contributed by atoms with E-state index in [0.717, 1.165) is 11.1 Å². The molecule has 0 radical (unpaired) electrons. The molecular formula is C30H30N4O4. The summed E-state index contributed by atoms with van der Waals surface area (Å²) in [6.45, 7) is 1.75. The van der Waals surface area contributed by atoms with Crippen molar-refractivity contribution in [2.45, 2.75) is 19.0 Å². The van der Waals surface area contributed by atoms with E-state index in [-0.39, 0.29) is 25.0 Å². The summed E-state index contributed by atoms with van der Waals surface area (Å²) in [4.78, 5) is 37.0. The number of allylic oxidation sites excluding steroid dienone is 1. The molecule has 0 aliphatic carbocycles. The number of hydrogen-bond acceptors (Lipinski definition) is 5. The van der Waals surface area contributed by atoms with Crippen LogP contribution in [-0.2, 0) is 9.59 Å². The second-order valence-corrected chi connectivity index (χ2v) is 8.41.